The van der Waals surface area contributed by atoms with Crippen LogP contribution in [0.4, 0.5) is 0 Å². The second kappa shape index (κ2) is 5.50. The maximum absolute atomic E-state index is 10.7. The first-order valence-electron chi connectivity index (χ1n) is 4.21. The predicted octanol–water partition coefficient (Wildman–Crippen LogP) is 0.520. The van der Waals surface area contributed by atoms with Gasteiger partial charge in [0.15, 0.2) is 0 Å². The van der Waals surface area contributed by atoms with Crippen LogP contribution in [0.3, 0.4) is 0 Å². The van der Waals surface area contributed by atoms with Crippen LogP contribution in [0, 0.1) is 0 Å². The van der Waals surface area contributed by atoms with E-state index in [0.717, 1.165) is 0 Å². The third kappa shape index (κ3) is 2.81. The zero-order chi connectivity index (χ0) is 12.0. The Balaban J connectivity index is 2.88. The van der Waals surface area contributed by atoms with Crippen molar-refractivity contribution < 1.29 is 29.0 Å². The van der Waals surface area contributed by atoms with E-state index in [9.17, 15) is 14.4 Å². The van der Waals surface area contributed by atoms with Crippen molar-refractivity contribution in [1.82, 2.24) is 0 Å². The van der Waals surface area contributed by atoms with Gasteiger partial charge in [0.2, 0.25) is 6.10 Å². The molecular weight excluding hydrogens is 216 g/mol. The van der Waals surface area contributed by atoms with Gasteiger partial charge in [0.1, 0.15) is 5.75 Å². The van der Waals surface area contributed by atoms with Crippen LogP contribution in [0.2, 0.25) is 0 Å². The number of carbonyl (C=O) groups excluding carboxylic acids is 2. The fraction of sp³-hybridized carbons (Fsp3) is 0.100. The van der Waals surface area contributed by atoms with Gasteiger partial charge >= 0.3 is 5.97 Å². The molecule has 16 heavy (non-hydrogen) atoms. The molecule has 84 valence electrons. The Morgan fingerprint density at radius 2 is 1.81 bits per heavy atom. The molecule has 0 aromatic heterocycles. The third-order valence-electron chi connectivity index (χ3n) is 1.78. The zero-order valence-corrected chi connectivity index (χ0v) is 8.03. The van der Waals surface area contributed by atoms with Crippen molar-refractivity contribution in [2.45, 2.75) is 6.10 Å². The third-order valence-corrected chi connectivity index (χ3v) is 1.78. The Hall–Kier alpha value is -2.37. The van der Waals surface area contributed by atoms with Crippen molar-refractivity contribution in [2.24, 2.45) is 0 Å². The molecule has 0 aliphatic carbocycles. The van der Waals surface area contributed by atoms with Crippen molar-refractivity contribution in [3.63, 3.8) is 0 Å². The van der Waals surface area contributed by atoms with E-state index in [-0.39, 0.29) is 24.3 Å². The number of hydrogen-bond acceptors (Lipinski definition) is 5. The Morgan fingerprint density at radius 3 is 2.25 bits per heavy atom. The monoisotopic (exact) mass is 224 g/mol. The highest BCUT2D eigenvalue weighted by atomic mass is 16.5. The smallest absolute Gasteiger partial charge is 0.349 e. The van der Waals surface area contributed by atoms with E-state index in [0.29, 0.717) is 0 Å². The van der Waals surface area contributed by atoms with Gasteiger partial charge < -0.3 is 14.6 Å². The molecule has 0 amide bonds. The van der Waals surface area contributed by atoms with Gasteiger partial charge in [-0.05, 0) is 12.1 Å². The Labute approximate surface area is 90.4 Å². The van der Waals surface area contributed by atoms with Crippen molar-refractivity contribution in [3.8, 4) is 5.75 Å². The van der Waals surface area contributed by atoms with Gasteiger partial charge in [0.25, 0.3) is 12.9 Å². The summed E-state index contributed by atoms with van der Waals surface area (Å²) < 4.78 is 8.92. The van der Waals surface area contributed by atoms with Crippen LogP contribution < -0.4 is 4.74 Å². The van der Waals surface area contributed by atoms with Gasteiger partial charge in [-0.25, -0.2) is 4.79 Å². The van der Waals surface area contributed by atoms with Crippen LogP contribution in [0.5, 0.6) is 5.75 Å². The minimum atomic E-state index is -1.36. The number of ether oxygens (including phenoxy) is 2. The lowest BCUT2D eigenvalue weighted by Crippen LogP contribution is -2.14. The van der Waals surface area contributed by atoms with Crippen LogP contribution >= 0.6 is 0 Å². The molecule has 0 aliphatic heterocycles. The normalized spacial score (nSPS) is 11.2. The molecule has 0 unspecified atom stereocenters. The number of hydrogen-bond donors (Lipinski definition) is 1. The lowest BCUT2D eigenvalue weighted by atomic mass is 10.1. The molecule has 0 aliphatic rings. The summed E-state index contributed by atoms with van der Waals surface area (Å²) in [4.78, 5) is 30.9. The van der Waals surface area contributed by atoms with E-state index in [2.05, 4.69) is 9.47 Å². The predicted molar refractivity (Wildman–Crippen MR) is 50.7 cm³/mol. The highest BCUT2D eigenvalue weighted by Crippen LogP contribution is 2.20. The van der Waals surface area contributed by atoms with E-state index in [4.69, 9.17) is 5.11 Å². The number of benzene rings is 1. The highest BCUT2D eigenvalue weighted by molar-refractivity contribution is 5.75. The summed E-state index contributed by atoms with van der Waals surface area (Å²) in [5.74, 6) is -1.01. The van der Waals surface area contributed by atoms with Crippen LogP contribution in [0.25, 0.3) is 0 Å². The first-order valence-corrected chi connectivity index (χ1v) is 4.21. The Morgan fingerprint density at radius 1 is 1.19 bits per heavy atom. The average molecular weight is 224 g/mol. The molecule has 1 atom stereocenters. The minimum absolute atomic E-state index is 0.0641. The van der Waals surface area contributed by atoms with Crippen LogP contribution in [0.1, 0.15) is 11.7 Å². The van der Waals surface area contributed by atoms with Gasteiger partial charge in [-0.15, -0.1) is 0 Å². The number of carboxylic acids is 1. The minimum Gasteiger partial charge on any atom is -0.478 e. The van der Waals surface area contributed by atoms with E-state index in [1.165, 1.54) is 24.3 Å². The highest BCUT2D eigenvalue weighted by Gasteiger charge is 2.20. The molecule has 1 rings (SSSR count). The second-order valence-electron chi connectivity index (χ2n) is 2.73. The molecule has 0 spiro atoms. The van der Waals surface area contributed by atoms with E-state index in [1.807, 2.05) is 0 Å². The standard InChI is InChI=1S/C10H8O6/c11-5-15-8-3-1-7(2-4-8)9(10(13)14)16-6-12/h1-6,9H,(H,13,14)/t9-/m1/s1. The van der Waals surface area contributed by atoms with E-state index < -0.39 is 12.1 Å². The van der Waals surface area contributed by atoms with Gasteiger partial charge in [0.05, 0.1) is 0 Å². The number of carboxylic acid groups (broad SMARTS) is 1. The SMILES string of the molecule is O=COc1ccc([C@@H](OC=O)C(=O)O)cc1. The quantitative estimate of drug-likeness (QED) is 0.708. The molecule has 0 saturated heterocycles. The molecule has 0 saturated carbocycles. The Kier molecular flexibility index (Phi) is 4.02. The largest absolute Gasteiger partial charge is 0.478 e. The summed E-state index contributed by atoms with van der Waals surface area (Å²) in [5, 5.41) is 8.76. The maximum Gasteiger partial charge on any atom is 0.349 e. The summed E-state index contributed by atoms with van der Waals surface area (Å²) >= 11 is 0. The Bertz CT molecular complexity index is 383. The van der Waals surface area contributed by atoms with Gasteiger partial charge in [-0.3, -0.25) is 9.59 Å². The van der Waals surface area contributed by atoms with Gasteiger partial charge in [-0.1, -0.05) is 12.1 Å². The lowest BCUT2D eigenvalue weighted by Gasteiger charge is -2.10. The fourth-order valence-electron chi connectivity index (χ4n) is 1.11. The molecule has 0 bridgehead atoms. The summed E-state index contributed by atoms with van der Waals surface area (Å²) in [7, 11) is 0. The van der Waals surface area contributed by atoms with Crippen molar-refractivity contribution >= 4 is 18.9 Å². The molecule has 6 heteroatoms. The maximum atomic E-state index is 10.7. The first kappa shape index (κ1) is 11.7. The van der Waals surface area contributed by atoms with Gasteiger partial charge in [-0.2, -0.15) is 0 Å². The zero-order valence-electron chi connectivity index (χ0n) is 8.03. The molecule has 0 fully saturated rings. The van der Waals surface area contributed by atoms with Crippen LogP contribution in [-0.2, 0) is 19.1 Å². The fourth-order valence-corrected chi connectivity index (χ4v) is 1.11. The topological polar surface area (TPSA) is 89.9 Å². The van der Waals surface area contributed by atoms with Crippen LogP contribution in [0.15, 0.2) is 24.3 Å². The van der Waals surface area contributed by atoms with Crippen molar-refractivity contribution in [3.05, 3.63) is 29.8 Å². The molecule has 1 N–H and O–H groups in total. The molecule has 0 radical (unpaired) electrons. The van der Waals surface area contributed by atoms with E-state index in [1.54, 1.807) is 0 Å². The summed E-state index contributed by atoms with van der Waals surface area (Å²) in [6.07, 6.45) is -1.36. The molecule has 6 nitrogen and oxygen atoms in total. The summed E-state index contributed by atoms with van der Waals surface area (Å²) in [5.41, 5.74) is 0.276. The van der Waals surface area contributed by atoms with Crippen molar-refractivity contribution in [1.29, 1.82) is 0 Å². The molecular formula is C10H8O6. The molecule has 1 aromatic rings. The first-order chi connectivity index (χ1) is 7.69. The van der Waals surface area contributed by atoms with Gasteiger partial charge in [0, 0.05) is 5.56 Å². The second-order valence-corrected chi connectivity index (χ2v) is 2.73. The summed E-state index contributed by atoms with van der Waals surface area (Å²) in [6.45, 7) is 0.320. The number of rotatable bonds is 6. The van der Waals surface area contributed by atoms with Crippen LogP contribution in [-0.4, -0.2) is 24.0 Å². The average Bonchev–Trinajstić information content (AvgIpc) is 2.27. The molecule has 1 aromatic carbocycles. The number of aliphatic carboxylic acids is 1. The number of carbonyl (C=O) groups is 3. The van der Waals surface area contributed by atoms with Crippen molar-refractivity contribution in [2.75, 3.05) is 0 Å². The lowest BCUT2D eigenvalue weighted by molar-refractivity contribution is -0.156. The van der Waals surface area contributed by atoms with E-state index >= 15 is 0 Å². The molecule has 0 heterocycles. The summed E-state index contributed by atoms with van der Waals surface area (Å²) in [6, 6.07) is 5.57.